The van der Waals surface area contributed by atoms with Gasteiger partial charge >= 0.3 is 17.9 Å². The maximum Gasteiger partial charge on any atom is 0.309 e. The second kappa shape index (κ2) is 58.2. The molecular formula is C64H110O6. The van der Waals surface area contributed by atoms with Crippen molar-refractivity contribution in [3.05, 3.63) is 85.1 Å². The molecule has 0 aliphatic heterocycles. The molecule has 0 heterocycles. The van der Waals surface area contributed by atoms with Crippen LogP contribution in [0.2, 0.25) is 0 Å². The Bertz CT molecular complexity index is 1350. The van der Waals surface area contributed by atoms with E-state index in [0.29, 0.717) is 12.8 Å². The zero-order chi connectivity index (χ0) is 50.7. The molecule has 0 aliphatic rings. The summed E-state index contributed by atoms with van der Waals surface area (Å²) in [5.74, 6) is -1.04. The van der Waals surface area contributed by atoms with Crippen LogP contribution in [0.25, 0.3) is 0 Å². The Morgan fingerprint density at radius 3 is 0.986 bits per heavy atom. The van der Waals surface area contributed by atoms with Crippen LogP contribution < -0.4 is 0 Å². The van der Waals surface area contributed by atoms with Gasteiger partial charge in [0.15, 0.2) is 6.10 Å². The predicted molar refractivity (Wildman–Crippen MR) is 302 cm³/mol. The predicted octanol–water partition coefficient (Wildman–Crippen LogP) is 19.9. The van der Waals surface area contributed by atoms with Gasteiger partial charge in [-0.3, -0.25) is 14.4 Å². The van der Waals surface area contributed by atoms with Crippen LogP contribution >= 0.6 is 0 Å². The van der Waals surface area contributed by atoms with Crippen molar-refractivity contribution in [1.82, 2.24) is 0 Å². The lowest BCUT2D eigenvalue weighted by Gasteiger charge is -2.18. The van der Waals surface area contributed by atoms with Gasteiger partial charge in [0, 0.05) is 12.8 Å². The van der Waals surface area contributed by atoms with Gasteiger partial charge in [-0.15, -0.1) is 0 Å². The van der Waals surface area contributed by atoms with Gasteiger partial charge in [0.2, 0.25) is 0 Å². The number of ether oxygens (including phenoxy) is 3. The van der Waals surface area contributed by atoms with Crippen LogP contribution in [0.1, 0.15) is 284 Å². The number of unbranched alkanes of at least 4 members (excludes halogenated alkanes) is 29. The van der Waals surface area contributed by atoms with Gasteiger partial charge in [-0.1, -0.05) is 254 Å². The molecule has 0 aromatic carbocycles. The third kappa shape index (κ3) is 55.5. The van der Waals surface area contributed by atoms with E-state index in [4.69, 9.17) is 14.2 Å². The van der Waals surface area contributed by atoms with E-state index in [-0.39, 0.29) is 31.6 Å². The van der Waals surface area contributed by atoms with Crippen molar-refractivity contribution >= 4 is 17.9 Å². The molecule has 0 bridgehead atoms. The van der Waals surface area contributed by atoms with Crippen LogP contribution in [0.4, 0.5) is 0 Å². The zero-order valence-corrected chi connectivity index (χ0v) is 46.0. The molecule has 70 heavy (non-hydrogen) atoms. The van der Waals surface area contributed by atoms with Crippen molar-refractivity contribution in [1.29, 1.82) is 0 Å². The third-order valence-corrected chi connectivity index (χ3v) is 12.6. The highest BCUT2D eigenvalue weighted by atomic mass is 16.6. The normalized spacial score (nSPS) is 12.7. The molecule has 0 saturated carbocycles. The summed E-state index contributed by atoms with van der Waals surface area (Å²) in [7, 11) is 0. The molecule has 0 aromatic rings. The first-order valence-corrected chi connectivity index (χ1v) is 29.6. The summed E-state index contributed by atoms with van der Waals surface area (Å²) in [6, 6.07) is 0. The van der Waals surface area contributed by atoms with Crippen molar-refractivity contribution in [2.24, 2.45) is 0 Å². The number of hydrogen-bond acceptors (Lipinski definition) is 6. The molecule has 0 saturated heterocycles. The van der Waals surface area contributed by atoms with Crippen molar-refractivity contribution in [2.45, 2.75) is 290 Å². The Kier molecular flexibility index (Phi) is 55.3. The van der Waals surface area contributed by atoms with E-state index in [2.05, 4.69) is 93.7 Å². The number of carbonyl (C=O) groups is 3. The molecule has 0 radical (unpaired) electrons. The summed E-state index contributed by atoms with van der Waals surface area (Å²) in [6.07, 6.45) is 76.0. The Morgan fingerprint density at radius 2 is 0.614 bits per heavy atom. The van der Waals surface area contributed by atoms with Crippen LogP contribution in [0.5, 0.6) is 0 Å². The molecule has 0 amide bonds. The van der Waals surface area contributed by atoms with Crippen LogP contribution in [0.15, 0.2) is 85.1 Å². The molecule has 402 valence electrons. The summed E-state index contributed by atoms with van der Waals surface area (Å²) in [4.78, 5) is 38.1. The number of esters is 3. The van der Waals surface area contributed by atoms with E-state index in [9.17, 15) is 14.4 Å². The minimum absolute atomic E-state index is 0.108. The van der Waals surface area contributed by atoms with Gasteiger partial charge in [0.25, 0.3) is 0 Å². The van der Waals surface area contributed by atoms with E-state index in [1.807, 2.05) is 6.08 Å². The average molecular weight is 976 g/mol. The molecule has 1 unspecified atom stereocenters. The number of carbonyl (C=O) groups excluding carboxylic acids is 3. The van der Waals surface area contributed by atoms with Crippen LogP contribution in [-0.2, 0) is 28.6 Å². The quantitative estimate of drug-likeness (QED) is 0.0261. The molecule has 6 nitrogen and oxygen atoms in total. The van der Waals surface area contributed by atoms with Crippen molar-refractivity contribution in [2.75, 3.05) is 13.2 Å². The number of hydrogen-bond donors (Lipinski definition) is 0. The fraction of sp³-hybridized carbons (Fsp3) is 0.734. The van der Waals surface area contributed by atoms with Gasteiger partial charge in [-0.05, 0) is 96.3 Å². The van der Waals surface area contributed by atoms with Crippen LogP contribution in [0.3, 0.4) is 0 Å². The van der Waals surface area contributed by atoms with Gasteiger partial charge in [0.1, 0.15) is 13.2 Å². The Morgan fingerprint density at radius 1 is 0.314 bits per heavy atom. The van der Waals surface area contributed by atoms with Crippen LogP contribution in [0, 0.1) is 0 Å². The summed E-state index contributed by atoms with van der Waals surface area (Å²) in [5, 5.41) is 0. The second-order valence-corrected chi connectivity index (χ2v) is 19.5. The SMILES string of the molecule is CC/C=C\C/C=C\C/C=C\C/C=C\C/C=C\CC(=O)OCC(COC(=O)CCCCCCCCCCC/C=C\CCCCCCCC)OC(=O)CCCCCCCCC/C=C\CCCCCCCCC. The largest absolute Gasteiger partial charge is 0.462 e. The number of allylic oxidation sites excluding steroid dienone is 13. The molecular weight excluding hydrogens is 865 g/mol. The molecule has 1 atom stereocenters. The lowest BCUT2D eigenvalue weighted by atomic mass is 10.1. The lowest BCUT2D eigenvalue weighted by Crippen LogP contribution is -2.30. The third-order valence-electron chi connectivity index (χ3n) is 12.6. The highest BCUT2D eigenvalue weighted by Crippen LogP contribution is 2.15. The van der Waals surface area contributed by atoms with E-state index in [1.165, 1.54) is 173 Å². The topological polar surface area (TPSA) is 78.9 Å². The Hall–Kier alpha value is -3.41. The summed E-state index contributed by atoms with van der Waals surface area (Å²) in [5.41, 5.74) is 0. The van der Waals surface area contributed by atoms with Crippen molar-refractivity contribution in [3.63, 3.8) is 0 Å². The van der Waals surface area contributed by atoms with Gasteiger partial charge < -0.3 is 14.2 Å². The number of rotatable bonds is 53. The molecule has 0 fully saturated rings. The highest BCUT2D eigenvalue weighted by molar-refractivity contribution is 5.72. The van der Waals surface area contributed by atoms with Crippen molar-refractivity contribution in [3.8, 4) is 0 Å². The van der Waals surface area contributed by atoms with Gasteiger partial charge in [-0.2, -0.15) is 0 Å². The first-order chi connectivity index (χ1) is 34.5. The van der Waals surface area contributed by atoms with Crippen molar-refractivity contribution < 1.29 is 28.6 Å². The average Bonchev–Trinajstić information content (AvgIpc) is 3.36. The van der Waals surface area contributed by atoms with E-state index < -0.39 is 12.1 Å². The first kappa shape index (κ1) is 66.6. The Labute approximate surface area is 433 Å². The van der Waals surface area contributed by atoms with Gasteiger partial charge in [0.05, 0.1) is 6.42 Å². The molecule has 0 rings (SSSR count). The maximum absolute atomic E-state index is 12.9. The van der Waals surface area contributed by atoms with E-state index in [0.717, 1.165) is 70.6 Å². The zero-order valence-electron chi connectivity index (χ0n) is 46.0. The second-order valence-electron chi connectivity index (χ2n) is 19.5. The lowest BCUT2D eigenvalue weighted by molar-refractivity contribution is -0.166. The van der Waals surface area contributed by atoms with E-state index >= 15 is 0 Å². The molecule has 0 aromatic heterocycles. The van der Waals surface area contributed by atoms with Crippen LogP contribution in [-0.4, -0.2) is 37.2 Å². The molecule has 0 aliphatic carbocycles. The molecule has 6 heteroatoms. The minimum atomic E-state index is -0.820. The van der Waals surface area contributed by atoms with Gasteiger partial charge in [-0.25, -0.2) is 0 Å². The summed E-state index contributed by atoms with van der Waals surface area (Å²) in [6.45, 7) is 6.45. The first-order valence-electron chi connectivity index (χ1n) is 29.6. The monoisotopic (exact) mass is 975 g/mol. The molecule has 0 N–H and O–H groups in total. The summed E-state index contributed by atoms with van der Waals surface area (Å²) >= 11 is 0. The Balaban J connectivity index is 4.46. The smallest absolute Gasteiger partial charge is 0.309 e. The minimum Gasteiger partial charge on any atom is -0.462 e. The fourth-order valence-electron chi connectivity index (χ4n) is 8.21. The van der Waals surface area contributed by atoms with E-state index in [1.54, 1.807) is 6.08 Å². The fourth-order valence-corrected chi connectivity index (χ4v) is 8.21. The highest BCUT2D eigenvalue weighted by Gasteiger charge is 2.19. The summed E-state index contributed by atoms with van der Waals surface area (Å²) < 4.78 is 16.8. The maximum atomic E-state index is 12.9. The standard InChI is InChI=1S/C64H110O6/c1-4-7-10-13-16-19-22-25-28-30-32-34-36-39-42-45-48-51-54-57-63(66)69-60-61(59-68-62(65)56-53-50-47-44-41-38-35-27-24-21-18-15-12-9-6-3)70-64(67)58-55-52-49-46-43-40-37-33-31-29-26-23-20-17-14-11-8-5-2/h9,12,18,21,25,27-29,31,35,41,44,50,53,61H,4-8,10-11,13-17,19-20,22-24,26,30,32-34,36-40,42-43,45-49,51-52,54-60H2,1-3H3/b12-9-,21-18-,28-25-,31-29-,35-27-,44-41-,53-50-. The molecule has 0 spiro atoms.